The third kappa shape index (κ3) is 1.31. The number of H-pyrrole nitrogens is 1. The minimum Gasteiger partial charge on any atom is -0.363 e. The average molecular weight is 127 g/mol. The number of rotatable bonds is 2. The Hall–Kier alpha value is -0.800. The zero-order valence-electron chi connectivity index (χ0n) is 5.16. The first-order valence-corrected chi connectivity index (χ1v) is 2.68. The third-order valence-corrected chi connectivity index (χ3v) is 1.11. The Bertz CT molecular complexity index is 160. The van der Waals surface area contributed by atoms with Crippen LogP contribution in [0.4, 0.5) is 0 Å². The Morgan fingerprint density at radius 1 is 1.78 bits per heavy atom. The highest BCUT2D eigenvalue weighted by molar-refractivity contribution is 5.04. The molecule has 1 heterocycles. The molecule has 2 N–H and O–H groups in total. The van der Waals surface area contributed by atoms with Crippen molar-refractivity contribution in [1.82, 2.24) is 4.98 Å². The van der Waals surface area contributed by atoms with Crippen LogP contribution in [0.3, 0.4) is 0 Å². The van der Waals surface area contributed by atoms with Crippen LogP contribution in [0.1, 0.15) is 12.0 Å². The maximum Gasteiger partial charge on any atom is 0.196 e. The van der Waals surface area contributed by atoms with Crippen LogP contribution in [-0.4, -0.2) is 17.2 Å². The summed E-state index contributed by atoms with van der Waals surface area (Å²) in [6, 6.07) is 3.56. The molecule has 1 unspecified atom stereocenters. The van der Waals surface area contributed by atoms with Crippen LogP contribution in [0.2, 0.25) is 0 Å². The van der Waals surface area contributed by atoms with E-state index in [1.165, 1.54) is 7.11 Å². The minimum atomic E-state index is -0.819. The van der Waals surface area contributed by atoms with Gasteiger partial charge in [-0.15, -0.1) is 0 Å². The first-order valence-electron chi connectivity index (χ1n) is 2.68. The molecule has 9 heavy (non-hydrogen) atoms. The topological polar surface area (TPSA) is 45.2 Å². The molecule has 1 aromatic heterocycles. The van der Waals surface area contributed by atoms with E-state index in [-0.39, 0.29) is 0 Å². The second-order valence-corrected chi connectivity index (χ2v) is 1.71. The Morgan fingerprint density at radius 2 is 2.56 bits per heavy atom. The summed E-state index contributed by atoms with van der Waals surface area (Å²) in [7, 11) is 1.45. The zero-order chi connectivity index (χ0) is 6.69. The summed E-state index contributed by atoms with van der Waals surface area (Å²) in [5.41, 5.74) is 0.678. The number of ether oxygens (including phenoxy) is 1. The van der Waals surface area contributed by atoms with Gasteiger partial charge < -0.3 is 14.8 Å². The van der Waals surface area contributed by atoms with E-state index >= 15 is 0 Å². The first-order chi connectivity index (χ1) is 4.34. The van der Waals surface area contributed by atoms with E-state index in [1.54, 1.807) is 18.3 Å². The maximum absolute atomic E-state index is 8.96. The van der Waals surface area contributed by atoms with Gasteiger partial charge in [-0.05, 0) is 12.1 Å². The lowest BCUT2D eigenvalue weighted by atomic mass is 10.4. The molecule has 0 fully saturated rings. The summed E-state index contributed by atoms with van der Waals surface area (Å²) in [6.45, 7) is 0. The van der Waals surface area contributed by atoms with Gasteiger partial charge in [0.1, 0.15) is 0 Å². The number of aromatic amines is 1. The maximum atomic E-state index is 8.96. The third-order valence-electron chi connectivity index (χ3n) is 1.11. The summed E-state index contributed by atoms with van der Waals surface area (Å²) in [6.07, 6.45) is 0.914. The van der Waals surface area contributed by atoms with Crippen LogP contribution in [0.25, 0.3) is 0 Å². The summed E-state index contributed by atoms with van der Waals surface area (Å²) in [5.74, 6) is 0. The fraction of sp³-hybridized carbons (Fsp3) is 0.333. The molecule has 0 aliphatic carbocycles. The van der Waals surface area contributed by atoms with E-state index in [1.807, 2.05) is 0 Å². The van der Waals surface area contributed by atoms with Crippen LogP contribution in [-0.2, 0) is 4.74 Å². The van der Waals surface area contributed by atoms with Gasteiger partial charge in [0.25, 0.3) is 0 Å². The highest BCUT2D eigenvalue weighted by atomic mass is 16.6. The van der Waals surface area contributed by atoms with E-state index in [9.17, 15) is 0 Å². The normalized spacial score (nSPS) is 13.6. The molecule has 3 heteroatoms. The number of methoxy groups -OCH3 is 1. The molecule has 0 spiro atoms. The van der Waals surface area contributed by atoms with Crippen molar-refractivity contribution in [3.63, 3.8) is 0 Å². The van der Waals surface area contributed by atoms with Crippen molar-refractivity contribution in [3.05, 3.63) is 24.0 Å². The largest absolute Gasteiger partial charge is 0.363 e. The van der Waals surface area contributed by atoms with Gasteiger partial charge in [0.2, 0.25) is 0 Å². The number of aromatic nitrogens is 1. The molecular weight excluding hydrogens is 118 g/mol. The van der Waals surface area contributed by atoms with Gasteiger partial charge in [-0.1, -0.05) is 0 Å². The van der Waals surface area contributed by atoms with Crippen molar-refractivity contribution < 1.29 is 9.84 Å². The molecule has 3 nitrogen and oxygen atoms in total. The average Bonchev–Trinajstić information content (AvgIpc) is 2.37. The lowest BCUT2D eigenvalue weighted by Crippen LogP contribution is -1.98. The lowest BCUT2D eigenvalue weighted by molar-refractivity contribution is -0.0795. The molecule has 0 radical (unpaired) electrons. The van der Waals surface area contributed by atoms with Gasteiger partial charge in [-0.3, -0.25) is 0 Å². The second kappa shape index (κ2) is 2.66. The lowest BCUT2D eigenvalue weighted by Gasteiger charge is -2.03. The summed E-state index contributed by atoms with van der Waals surface area (Å²) in [4.78, 5) is 2.81. The van der Waals surface area contributed by atoms with Crippen molar-refractivity contribution in [2.75, 3.05) is 7.11 Å². The quantitative estimate of drug-likeness (QED) is 0.573. The molecule has 0 aliphatic heterocycles. The van der Waals surface area contributed by atoms with Crippen LogP contribution >= 0.6 is 0 Å². The van der Waals surface area contributed by atoms with Gasteiger partial charge in [0, 0.05) is 13.3 Å². The monoisotopic (exact) mass is 127 g/mol. The number of hydrogen-bond donors (Lipinski definition) is 2. The van der Waals surface area contributed by atoms with Crippen LogP contribution in [0.15, 0.2) is 18.3 Å². The summed E-state index contributed by atoms with van der Waals surface area (Å²) in [5, 5.41) is 8.96. The van der Waals surface area contributed by atoms with Gasteiger partial charge in [-0.2, -0.15) is 0 Å². The Morgan fingerprint density at radius 3 is 3.00 bits per heavy atom. The fourth-order valence-electron chi connectivity index (χ4n) is 0.625. The summed E-state index contributed by atoms with van der Waals surface area (Å²) < 4.78 is 4.62. The first kappa shape index (κ1) is 6.32. The van der Waals surface area contributed by atoms with Gasteiger partial charge in [-0.25, -0.2) is 0 Å². The van der Waals surface area contributed by atoms with Crippen LogP contribution < -0.4 is 0 Å². The van der Waals surface area contributed by atoms with Gasteiger partial charge >= 0.3 is 0 Å². The van der Waals surface area contributed by atoms with Gasteiger partial charge in [0.15, 0.2) is 6.29 Å². The van der Waals surface area contributed by atoms with E-state index < -0.39 is 6.29 Å². The van der Waals surface area contributed by atoms with Crippen molar-refractivity contribution in [3.8, 4) is 0 Å². The zero-order valence-corrected chi connectivity index (χ0v) is 5.16. The molecule has 0 amide bonds. The Labute approximate surface area is 53.3 Å². The number of hydrogen-bond acceptors (Lipinski definition) is 2. The number of aliphatic hydroxyl groups excluding tert-OH is 1. The van der Waals surface area contributed by atoms with E-state index in [2.05, 4.69) is 9.72 Å². The molecule has 0 aliphatic rings. The molecule has 1 aromatic rings. The molecule has 1 atom stereocenters. The number of nitrogens with one attached hydrogen (secondary N) is 1. The SMILES string of the molecule is COC(O)c1ccc[nH]1. The molecule has 0 aromatic carbocycles. The highest BCUT2D eigenvalue weighted by Crippen LogP contribution is 2.08. The van der Waals surface area contributed by atoms with Crippen LogP contribution in [0, 0.1) is 0 Å². The van der Waals surface area contributed by atoms with Crippen molar-refractivity contribution in [2.24, 2.45) is 0 Å². The van der Waals surface area contributed by atoms with E-state index in [0.29, 0.717) is 5.69 Å². The summed E-state index contributed by atoms with van der Waals surface area (Å²) >= 11 is 0. The molecule has 0 saturated heterocycles. The Kier molecular flexibility index (Phi) is 1.87. The van der Waals surface area contributed by atoms with E-state index in [4.69, 9.17) is 5.11 Å². The second-order valence-electron chi connectivity index (χ2n) is 1.71. The van der Waals surface area contributed by atoms with Crippen molar-refractivity contribution in [1.29, 1.82) is 0 Å². The molecule has 50 valence electrons. The van der Waals surface area contributed by atoms with Gasteiger partial charge in [0.05, 0.1) is 5.69 Å². The number of aliphatic hydroxyl groups is 1. The molecule has 1 rings (SSSR count). The predicted octanol–water partition coefficient (Wildman–Crippen LogP) is 0.652. The molecule has 0 bridgehead atoms. The molecular formula is C6H9NO2. The van der Waals surface area contributed by atoms with Crippen molar-refractivity contribution >= 4 is 0 Å². The Balaban J connectivity index is 2.65. The smallest absolute Gasteiger partial charge is 0.196 e. The van der Waals surface area contributed by atoms with Crippen molar-refractivity contribution in [2.45, 2.75) is 6.29 Å². The van der Waals surface area contributed by atoms with Crippen LogP contribution in [0.5, 0.6) is 0 Å². The van der Waals surface area contributed by atoms with E-state index in [0.717, 1.165) is 0 Å². The fourth-order valence-corrected chi connectivity index (χ4v) is 0.625. The predicted molar refractivity (Wildman–Crippen MR) is 32.8 cm³/mol. The highest BCUT2D eigenvalue weighted by Gasteiger charge is 2.03. The standard InChI is InChI=1S/C6H9NO2/c1-9-6(8)5-3-2-4-7-5/h2-4,6-8H,1H3. The molecule has 0 saturated carbocycles. The minimum absolute atomic E-state index is 0.678.